The van der Waals surface area contributed by atoms with E-state index in [-0.39, 0.29) is 5.91 Å². The Labute approximate surface area is 154 Å². The summed E-state index contributed by atoms with van der Waals surface area (Å²) in [5.41, 5.74) is 1.11. The van der Waals surface area contributed by atoms with Crippen LogP contribution in [0, 0.1) is 6.92 Å². The van der Waals surface area contributed by atoms with E-state index >= 15 is 0 Å². The fourth-order valence-electron chi connectivity index (χ4n) is 2.33. The van der Waals surface area contributed by atoms with Gasteiger partial charge in [-0.1, -0.05) is 35.3 Å². The predicted molar refractivity (Wildman–Crippen MR) is 97.1 cm³/mol. The van der Waals surface area contributed by atoms with Crippen LogP contribution in [0.4, 0.5) is 5.82 Å². The average molecular weight is 377 g/mol. The summed E-state index contributed by atoms with van der Waals surface area (Å²) in [5.74, 6) is 0.953. The van der Waals surface area contributed by atoms with Crippen LogP contribution >= 0.6 is 23.2 Å². The summed E-state index contributed by atoms with van der Waals surface area (Å²) in [5, 5.41) is 7.89. The molecule has 0 aliphatic carbocycles. The first kappa shape index (κ1) is 17.3. The maximum Gasteiger partial charge on any atom is 0.260 e. The molecule has 2 heterocycles. The van der Waals surface area contributed by atoms with Crippen LogP contribution in [0.1, 0.15) is 16.1 Å². The van der Waals surface area contributed by atoms with Gasteiger partial charge in [0.1, 0.15) is 11.6 Å². The molecule has 0 fully saturated rings. The van der Waals surface area contributed by atoms with Crippen LogP contribution in [0.3, 0.4) is 0 Å². The fraction of sp³-hybridized carbons (Fsp3) is 0.118. The quantitative estimate of drug-likeness (QED) is 0.742. The molecule has 0 unspecified atom stereocenters. The zero-order valence-electron chi connectivity index (χ0n) is 13.5. The smallest absolute Gasteiger partial charge is 0.260 e. The highest BCUT2D eigenvalue weighted by Crippen LogP contribution is 2.26. The maximum absolute atomic E-state index is 12.6. The van der Waals surface area contributed by atoms with Crippen molar-refractivity contribution in [2.24, 2.45) is 0 Å². The average Bonchev–Trinajstić information content (AvgIpc) is 2.94. The molecule has 0 radical (unpaired) electrons. The molecular weight excluding hydrogens is 363 g/mol. The molecule has 0 bridgehead atoms. The number of benzene rings is 1. The molecular formula is C17H14Cl2N4O2. The molecule has 8 heteroatoms. The van der Waals surface area contributed by atoms with Gasteiger partial charge in [-0.25, -0.2) is 4.98 Å². The molecule has 25 heavy (non-hydrogen) atoms. The number of ether oxygens (including phenoxy) is 1. The number of para-hydroxylation sites is 1. The van der Waals surface area contributed by atoms with E-state index in [1.165, 1.54) is 18.0 Å². The van der Waals surface area contributed by atoms with Gasteiger partial charge in [0.15, 0.2) is 5.82 Å². The molecule has 0 saturated heterocycles. The van der Waals surface area contributed by atoms with E-state index in [1.807, 2.05) is 0 Å². The number of carbonyl (C=O) groups excluding carboxylic acids is 1. The van der Waals surface area contributed by atoms with Crippen molar-refractivity contribution in [3.05, 3.63) is 63.9 Å². The summed E-state index contributed by atoms with van der Waals surface area (Å²) in [6.07, 6.45) is 1.46. The molecule has 1 amide bonds. The predicted octanol–water partition coefficient (Wildman–Crippen LogP) is 4.14. The normalized spacial score (nSPS) is 10.6. The van der Waals surface area contributed by atoms with E-state index in [1.54, 1.807) is 43.3 Å². The Bertz CT molecular complexity index is 940. The Hall–Kier alpha value is -2.57. The second-order valence-electron chi connectivity index (χ2n) is 5.20. The van der Waals surface area contributed by atoms with Gasteiger partial charge in [0.2, 0.25) is 0 Å². The third kappa shape index (κ3) is 3.60. The lowest BCUT2D eigenvalue weighted by molar-refractivity contribution is 0.102. The molecule has 2 aromatic heterocycles. The maximum atomic E-state index is 12.6. The summed E-state index contributed by atoms with van der Waals surface area (Å²) >= 11 is 12.1. The number of aryl methyl sites for hydroxylation is 1. The van der Waals surface area contributed by atoms with Gasteiger partial charge < -0.3 is 10.1 Å². The molecule has 128 valence electrons. The van der Waals surface area contributed by atoms with Gasteiger partial charge in [-0.15, -0.1) is 0 Å². The minimum Gasteiger partial charge on any atom is -0.496 e. The number of rotatable bonds is 4. The summed E-state index contributed by atoms with van der Waals surface area (Å²) in [6.45, 7) is 1.80. The van der Waals surface area contributed by atoms with Crippen LogP contribution in [0.5, 0.6) is 5.75 Å². The van der Waals surface area contributed by atoms with Crippen LogP contribution in [-0.2, 0) is 0 Å². The number of halogens is 2. The summed E-state index contributed by atoms with van der Waals surface area (Å²) in [4.78, 5) is 16.8. The lowest BCUT2D eigenvalue weighted by Crippen LogP contribution is -2.16. The van der Waals surface area contributed by atoms with Crippen molar-refractivity contribution in [3.63, 3.8) is 0 Å². The first-order valence-electron chi connectivity index (χ1n) is 7.32. The molecule has 0 aliphatic rings. The van der Waals surface area contributed by atoms with E-state index in [9.17, 15) is 4.79 Å². The van der Waals surface area contributed by atoms with Gasteiger partial charge in [-0.3, -0.25) is 4.79 Å². The van der Waals surface area contributed by atoms with Gasteiger partial charge in [0.25, 0.3) is 5.91 Å². The van der Waals surface area contributed by atoms with Crippen molar-refractivity contribution in [1.29, 1.82) is 0 Å². The Morgan fingerprint density at radius 2 is 2.00 bits per heavy atom. The molecule has 0 atom stereocenters. The Kier molecular flexibility index (Phi) is 4.92. The number of nitrogens with one attached hydrogen (secondary N) is 1. The molecule has 1 aromatic carbocycles. The Morgan fingerprint density at radius 1 is 1.24 bits per heavy atom. The largest absolute Gasteiger partial charge is 0.496 e. The number of hydrogen-bond donors (Lipinski definition) is 1. The second kappa shape index (κ2) is 7.13. The van der Waals surface area contributed by atoms with Crippen LogP contribution in [-0.4, -0.2) is 27.8 Å². The zero-order chi connectivity index (χ0) is 18.0. The monoisotopic (exact) mass is 376 g/mol. The number of nitrogens with zero attached hydrogens (tertiary/aromatic N) is 3. The Balaban J connectivity index is 1.97. The fourth-order valence-corrected chi connectivity index (χ4v) is 2.79. The van der Waals surface area contributed by atoms with Crippen molar-refractivity contribution in [1.82, 2.24) is 14.8 Å². The minimum absolute atomic E-state index is 0.323. The number of carbonyl (C=O) groups is 1. The highest BCUT2D eigenvalue weighted by Gasteiger charge is 2.17. The molecule has 0 saturated carbocycles. The van der Waals surface area contributed by atoms with Crippen LogP contribution in [0.15, 0.2) is 42.6 Å². The summed E-state index contributed by atoms with van der Waals surface area (Å²) in [6, 6.07) is 10.2. The van der Waals surface area contributed by atoms with Gasteiger partial charge in [-0.05, 0) is 25.1 Å². The summed E-state index contributed by atoms with van der Waals surface area (Å²) in [7, 11) is 1.51. The third-order valence-corrected chi connectivity index (χ3v) is 3.90. The molecule has 3 rings (SSSR count). The number of pyridine rings is 1. The molecule has 3 aromatic rings. The number of hydrogen-bond acceptors (Lipinski definition) is 4. The van der Waals surface area contributed by atoms with Crippen molar-refractivity contribution in [2.45, 2.75) is 6.92 Å². The standard InChI is InChI=1S/C17H14Cl2N4O2/c1-10-7-15(21-17(24)12-5-3-4-6-14(12)25-2)23(22-10)16-13(19)8-11(18)9-20-16/h3-9H,1-2H3,(H,21,24). The van der Waals surface area contributed by atoms with Crippen molar-refractivity contribution < 1.29 is 9.53 Å². The topological polar surface area (TPSA) is 69.0 Å². The van der Waals surface area contributed by atoms with Crippen molar-refractivity contribution in [2.75, 3.05) is 12.4 Å². The lowest BCUT2D eigenvalue weighted by Gasteiger charge is -2.11. The molecule has 0 spiro atoms. The van der Waals surface area contributed by atoms with Crippen molar-refractivity contribution >= 4 is 34.9 Å². The van der Waals surface area contributed by atoms with Crippen LogP contribution in [0.25, 0.3) is 5.82 Å². The van der Waals surface area contributed by atoms with E-state index in [0.29, 0.717) is 38.7 Å². The number of methoxy groups -OCH3 is 1. The minimum atomic E-state index is -0.330. The highest BCUT2D eigenvalue weighted by atomic mass is 35.5. The third-order valence-electron chi connectivity index (χ3n) is 3.41. The molecule has 1 N–H and O–H groups in total. The van der Waals surface area contributed by atoms with Gasteiger partial charge >= 0.3 is 0 Å². The second-order valence-corrected chi connectivity index (χ2v) is 6.04. The molecule has 6 nitrogen and oxygen atoms in total. The van der Waals surface area contributed by atoms with Gasteiger partial charge in [0, 0.05) is 12.3 Å². The van der Waals surface area contributed by atoms with E-state index in [4.69, 9.17) is 27.9 Å². The van der Waals surface area contributed by atoms with E-state index in [0.717, 1.165) is 0 Å². The van der Waals surface area contributed by atoms with Crippen LogP contribution < -0.4 is 10.1 Å². The van der Waals surface area contributed by atoms with Crippen molar-refractivity contribution in [3.8, 4) is 11.6 Å². The lowest BCUT2D eigenvalue weighted by atomic mass is 10.2. The van der Waals surface area contributed by atoms with Gasteiger partial charge in [0.05, 0.1) is 28.4 Å². The first-order valence-corrected chi connectivity index (χ1v) is 8.07. The van der Waals surface area contributed by atoms with Crippen LogP contribution in [0.2, 0.25) is 10.0 Å². The zero-order valence-corrected chi connectivity index (χ0v) is 15.0. The molecule has 0 aliphatic heterocycles. The Morgan fingerprint density at radius 3 is 2.72 bits per heavy atom. The first-order chi connectivity index (χ1) is 12.0. The number of anilines is 1. The summed E-state index contributed by atoms with van der Waals surface area (Å²) < 4.78 is 6.68. The van der Waals surface area contributed by atoms with Gasteiger partial charge in [-0.2, -0.15) is 9.78 Å². The number of aromatic nitrogens is 3. The highest BCUT2D eigenvalue weighted by molar-refractivity contribution is 6.35. The SMILES string of the molecule is COc1ccccc1C(=O)Nc1cc(C)nn1-c1ncc(Cl)cc1Cl. The van der Waals surface area contributed by atoms with E-state index < -0.39 is 0 Å². The van der Waals surface area contributed by atoms with E-state index in [2.05, 4.69) is 15.4 Å². The number of amides is 1.